The lowest BCUT2D eigenvalue weighted by atomic mass is 9.97. The first kappa shape index (κ1) is 19.1. The molecule has 29 heavy (non-hydrogen) atoms. The van der Waals surface area contributed by atoms with Crippen LogP contribution < -0.4 is 4.90 Å². The maximum atomic E-state index is 14.0. The minimum absolute atomic E-state index is 0.0222. The summed E-state index contributed by atoms with van der Waals surface area (Å²) in [5, 5.41) is 9.21. The second-order valence-corrected chi connectivity index (χ2v) is 6.80. The molecule has 0 bridgehead atoms. The Hall–Kier alpha value is -3.24. The number of fused-ring (bicyclic) bond motifs is 1. The molecule has 7 nitrogen and oxygen atoms in total. The topological polar surface area (TPSA) is 83.6 Å². The molecule has 1 aliphatic heterocycles. The van der Waals surface area contributed by atoms with E-state index in [1.165, 1.54) is 33.8 Å². The lowest BCUT2D eigenvalue weighted by Gasteiger charge is -2.33. The summed E-state index contributed by atoms with van der Waals surface area (Å²) in [6.45, 7) is 0.0587. The summed E-state index contributed by atoms with van der Waals surface area (Å²) in [7, 11) is 0. The zero-order chi connectivity index (χ0) is 20.8. The number of nitrogens with zero attached hydrogens (tertiary/aromatic N) is 5. The molecule has 152 valence electrons. The van der Waals surface area contributed by atoms with Crippen molar-refractivity contribution >= 4 is 17.4 Å². The molecule has 0 spiro atoms. The van der Waals surface area contributed by atoms with E-state index < -0.39 is 29.8 Å². The number of halogens is 4. The van der Waals surface area contributed by atoms with Crippen molar-refractivity contribution in [1.82, 2.24) is 19.4 Å². The van der Waals surface area contributed by atoms with Crippen LogP contribution in [-0.2, 0) is 11.0 Å². The number of aromatic nitrogens is 4. The standard InChI is InChI=1S/C18H15F4N5O2/c19-12-5-10(17(28)29)7-26(9-12)15-3-4-23-16(25-15)13-6-24-14-2-1-11(8-27(13)14)18(20,21)22/h1-4,6,8,10,12H,5,7,9H2,(H,28,29). The quantitative estimate of drug-likeness (QED) is 0.670. The maximum absolute atomic E-state index is 14.0. The van der Waals surface area contributed by atoms with Gasteiger partial charge in [0.15, 0.2) is 5.82 Å². The van der Waals surface area contributed by atoms with Gasteiger partial charge in [-0.3, -0.25) is 9.20 Å². The molecule has 3 aromatic heterocycles. The number of rotatable bonds is 3. The van der Waals surface area contributed by atoms with Crippen LogP contribution in [0.1, 0.15) is 12.0 Å². The zero-order valence-corrected chi connectivity index (χ0v) is 14.8. The number of pyridine rings is 1. The highest BCUT2D eigenvalue weighted by atomic mass is 19.4. The third kappa shape index (κ3) is 3.71. The second kappa shape index (κ2) is 6.98. The van der Waals surface area contributed by atoms with Crippen molar-refractivity contribution in [3.8, 4) is 11.5 Å². The Morgan fingerprint density at radius 1 is 1.17 bits per heavy atom. The second-order valence-electron chi connectivity index (χ2n) is 6.80. The highest BCUT2D eigenvalue weighted by molar-refractivity contribution is 5.71. The Bertz CT molecular complexity index is 1070. The van der Waals surface area contributed by atoms with E-state index in [-0.39, 0.29) is 36.7 Å². The predicted molar refractivity (Wildman–Crippen MR) is 94.1 cm³/mol. The van der Waals surface area contributed by atoms with Crippen LogP contribution in [0, 0.1) is 5.92 Å². The van der Waals surface area contributed by atoms with Gasteiger partial charge in [0, 0.05) is 18.9 Å². The number of carboxylic acids is 1. The Labute approximate surface area is 161 Å². The van der Waals surface area contributed by atoms with E-state index in [2.05, 4.69) is 15.0 Å². The first-order valence-corrected chi connectivity index (χ1v) is 8.72. The van der Waals surface area contributed by atoms with Crippen LogP contribution in [0.3, 0.4) is 0 Å². The van der Waals surface area contributed by atoms with E-state index in [4.69, 9.17) is 0 Å². The fourth-order valence-corrected chi connectivity index (χ4v) is 3.37. The van der Waals surface area contributed by atoms with Crippen LogP contribution in [0.4, 0.5) is 23.4 Å². The van der Waals surface area contributed by atoms with Gasteiger partial charge in [-0.05, 0) is 24.6 Å². The summed E-state index contributed by atoms with van der Waals surface area (Å²) < 4.78 is 54.4. The van der Waals surface area contributed by atoms with Crippen LogP contribution in [0.5, 0.6) is 0 Å². The number of anilines is 1. The summed E-state index contributed by atoms with van der Waals surface area (Å²) in [5.74, 6) is -1.57. The number of aliphatic carboxylic acids is 1. The molecule has 2 atom stereocenters. The molecule has 0 radical (unpaired) electrons. The minimum Gasteiger partial charge on any atom is -0.481 e. The van der Waals surface area contributed by atoms with Gasteiger partial charge in [0.25, 0.3) is 0 Å². The number of hydrogen-bond donors (Lipinski definition) is 1. The molecule has 1 aliphatic rings. The van der Waals surface area contributed by atoms with Gasteiger partial charge in [0.1, 0.15) is 23.3 Å². The Morgan fingerprint density at radius 2 is 1.97 bits per heavy atom. The van der Waals surface area contributed by atoms with E-state index in [0.29, 0.717) is 5.82 Å². The van der Waals surface area contributed by atoms with Gasteiger partial charge in [-0.1, -0.05) is 0 Å². The summed E-state index contributed by atoms with van der Waals surface area (Å²) in [6.07, 6.45) is -2.27. The number of imidazole rings is 1. The highest BCUT2D eigenvalue weighted by Crippen LogP contribution is 2.31. The van der Waals surface area contributed by atoms with Crippen LogP contribution in [0.2, 0.25) is 0 Å². The van der Waals surface area contributed by atoms with Crippen molar-refractivity contribution in [2.75, 3.05) is 18.0 Å². The lowest BCUT2D eigenvalue weighted by Crippen LogP contribution is -2.44. The smallest absolute Gasteiger partial charge is 0.417 e. The number of alkyl halides is 4. The first-order valence-electron chi connectivity index (χ1n) is 8.72. The molecule has 1 N–H and O–H groups in total. The van der Waals surface area contributed by atoms with Crippen LogP contribution in [0.15, 0.2) is 36.8 Å². The van der Waals surface area contributed by atoms with Crippen molar-refractivity contribution in [3.05, 3.63) is 42.4 Å². The zero-order valence-electron chi connectivity index (χ0n) is 14.8. The highest BCUT2D eigenvalue weighted by Gasteiger charge is 2.33. The average Bonchev–Trinajstić information content (AvgIpc) is 3.10. The molecule has 1 fully saturated rings. The van der Waals surface area contributed by atoms with Crippen LogP contribution >= 0.6 is 0 Å². The number of piperidine rings is 1. The lowest BCUT2D eigenvalue weighted by molar-refractivity contribution is -0.142. The predicted octanol–water partition coefficient (Wildman–Crippen LogP) is 3.06. The van der Waals surface area contributed by atoms with E-state index in [1.807, 2.05) is 0 Å². The summed E-state index contributed by atoms with van der Waals surface area (Å²) in [5.41, 5.74) is -0.327. The van der Waals surface area contributed by atoms with Gasteiger partial charge < -0.3 is 10.0 Å². The molecule has 11 heteroatoms. The molecule has 2 unspecified atom stereocenters. The molecule has 0 aromatic carbocycles. The van der Waals surface area contributed by atoms with Crippen molar-refractivity contribution in [2.24, 2.45) is 5.92 Å². The van der Waals surface area contributed by atoms with E-state index in [1.54, 1.807) is 0 Å². The molecule has 1 saturated heterocycles. The van der Waals surface area contributed by atoms with Gasteiger partial charge in [-0.15, -0.1) is 0 Å². The monoisotopic (exact) mass is 409 g/mol. The maximum Gasteiger partial charge on any atom is 0.417 e. The third-order valence-electron chi connectivity index (χ3n) is 4.78. The molecule has 4 heterocycles. The van der Waals surface area contributed by atoms with Crippen molar-refractivity contribution < 1.29 is 27.5 Å². The summed E-state index contributed by atoms with van der Waals surface area (Å²) >= 11 is 0. The average molecular weight is 409 g/mol. The number of carboxylic acid groups (broad SMARTS) is 1. The van der Waals surface area contributed by atoms with E-state index >= 15 is 0 Å². The Balaban J connectivity index is 1.71. The SMILES string of the molecule is O=C(O)C1CC(F)CN(c2ccnc(-c3cnc4ccc(C(F)(F)F)cn34)n2)C1. The normalized spacial score (nSPS) is 20.2. The molecule has 4 rings (SSSR count). The third-order valence-corrected chi connectivity index (χ3v) is 4.78. The molecule has 0 aliphatic carbocycles. The van der Waals surface area contributed by atoms with Crippen molar-refractivity contribution in [3.63, 3.8) is 0 Å². The molecule has 0 saturated carbocycles. The molecular formula is C18H15F4N5O2. The fourth-order valence-electron chi connectivity index (χ4n) is 3.37. The van der Waals surface area contributed by atoms with Gasteiger partial charge in [0.05, 0.1) is 24.2 Å². The van der Waals surface area contributed by atoms with E-state index in [0.717, 1.165) is 12.3 Å². The molecular weight excluding hydrogens is 394 g/mol. The Kier molecular flexibility index (Phi) is 4.59. The van der Waals surface area contributed by atoms with E-state index in [9.17, 15) is 27.5 Å². The van der Waals surface area contributed by atoms with Crippen molar-refractivity contribution in [2.45, 2.75) is 18.8 Å². The van der Waals surface area contributed by atoms with Gasteiger partial charge in [-0.25, -0.2) is 19.3 Å². The van der Waals surface area contributed by atoms with Crippen LogP contribution in [0.25, 0.3) is 17.2 Å². The van der Waals surface area contributed by atoms with Gasteiger partial charge in [-0.2, -0.15) is 13.2 Å². The molecule has 3 aromatic rings. The number of hydrogen-bond acceptors (Lipinski definition) is 5. The van der Waals surface area contributed by atoms with Crippen molar-refractivity contribution in [1.29, 1.82) is 0 Å². The summed E-state index contributed by atoms with van der Waals surface area (Å²) in [4.78, 5) is 25.3. The van der Waals surface area contributed by atoms with Gasteiger partial charge in [0.2, 0.25) is 0 Å². The number of carbonyl (C=O) groups is 1. The first-order chi connectivity index (χ1) is 13.7. The largest absolute Gasteiger partial charge is 0.481 e. The van der Waals surface area contributed by atoms with Crippen LogP contribution in [-0.4, -0.2) is 49.7 Å². The fraction of sp³-hybridized carbons (Fsp3) is 0.333. The minimum atomic E-state index is -4.52. The van der Waals surface area contributed by atoms with Gasteiger partial charge >= 0.3 is 12.1 Å². The molecule has 0 amide bonds. The Morgan fingerprint density at radius 3 is 2.69 bits per heavy atom. The summed E-state index contributed by atoms with van der Waals surface area (Å²) in [6, 6.07) is 3.68.